The van der Waals surface area contributed by atoms with Crippen LogP contribution in [-0.2, 0) is 9.59 Å². The van der Waals surface area contributed by atoms with Gasteiger partial charge in [0.25, 0.3) is 0 Å². The Morgan fingerprint density at radius 2 is 2.03 bits per heavy atom. The number of anilines is 1. The third kappa shape index (κ3) is 3.71. The van der Waals surface area contributed by atoms with Crippen molar-refractivity contribution in [3.8, 4) is 11.3 Å². The fourth-order valence-corrected chi connectivity index (χ4v) is 4.74. The summed E-state index contributed by atoms with van der Waals surface area (Å²) >= 11 is 0. The molecule has 3 aromatic heterocycles. The topological polar surface area (TPSA) is 117 Å². The van der Waals surface area contributed by atoms with Gasteiger partial charge in [0, 0.05) is 29.6 Å². The van der Waals surface area contributed by atoms with E-state index in [2.05, 4.69) is 30.8 Å². The van der Waals surface area contributed by atoms with Gasteiger partial charge in [-0.05, 0) is 37.7 Å². The molecule has 0 spiro atoms. The number of fused-ring (bicyclic) bond motifs is 2. The third-order valence-electron chi connectivity index (χ3n) is 6.78. The summed E-state index contributed by atoms with van der Waals surface area (Å²) in [7, 11) is 0. The lowest BCUT2D eigenvalue weighted by atomic mass is 9.91. The number of hydrogen-bond donors (Lipinski definition) is 3. The van der Waals surface area contributed by atoms with Crippen molar-refractivity contribution in [3.63, 3.8) is 0 Å². The molecule has 35 heavy (non-hydrogen) atoms. The van der Waals surface area contributed by atoms with Crippen LogP contribution in [0.15, 0.2) is 24.8 Å². The first-order valence-electron chi connectivity index (χ1n) is 11.5. The van der Waals surface area contributed by atoms with Crippen molar-refractivity contribution in [2.45, 2.75) is 45.3 Å². The standard InChI is InChI=1S/C24H23F2N7O2/c1-10-19(14-6-28-32-23(14)20(21(10)26)22(12-3-4-12)29-11(2)34)16-8-33-9-17(30-18(33)7-27-16)31-24(35)13-5-15(13)25/h6-9,12-13,15,22H,3-5H2,1-2H3,(H,28,32)(H,29,34)(H,31,35)/t13-,15+,22?/m1/s1. The number of hydrogen-bond acceptors (Lipinski definition) is 5. The van der Waals surface area contributed by atoms with Gasteiger partial charge in [-0.25, -0.2) is 13.8 Å². The van der Waals surface area contributed by atoms with E-state index in [-0.39, 0.29) is 18.2 Å². The van der Waals surface area contributed by atoms with Crippen LogP contribution in [0.1, 0.15) is 43.4 Å². The quantitative estimate of drug-likeness (QED) is 0.391. The molecule has 3 heterocycles. The molecule has 1 aromatic carbocycles. The number of nitrogens with one attached hydrogen (secondary N) is 3. The number of amides is 2. The molecule has 180 valence electrons. The lowest BCUT2D eigenvalue weighted by molar-refractivity contribution is -0.120. The van der Waals surface area contributed by atoms with Crippen molar-refractivity contribution in [3.05, 3.63) is 41.7 Å². The highest BCUT2D eigenvalue weighted by Gasteiger charge is 2.44. The number of imidazole rings is 1. The van der Waals surface area contributed by atoms with Gasteiger partial charge in [0.1, 0.15) is 12.0 Å². The Kier molecular flexibility index (Phi) is 4.83. The smallest absolute Gasteiger partial charge is 0.231 e. The minimum Gasteiger partial charge on any atom is -0.349 e. The first kappa shape index (κ1) is 21.6. The number of aromatic nitrogens is 5. The normalized spacial score (nSPS) is 20.2. The predicted molar refractivity (Wildman–Crippen MR) is 124 cm³/mol. The zero-order valence-corrected chi connectivity index (χ0v) is 19.1. The molecule has 0 radical (unpaired) electrons. The maximum Gasteiger partial charge on any atom is 0.231 e. The monoisotopic (exact) mass is 479 g/mol. The number of benzene rings is 1. The van der Waals surface area contributed by atoms with Crippen LogP contribution in [0.25, 0.3) is 27.8 Å². The van der Waals surface area contributed by atoms with Gasteiger partial charge in [-0.15, -0.1) is 0 Å². The second kappa shape index (κ2) is 7.82. The van der Waals surface area contributed by atoms with Crippen LogP contribution in [0.4, 0.5) is 14.6 Å². The number of H-pyrrole nitrogens is 1. The number of carbonyl (C=O) groups is 2. The summed E-state index contributed by atoms with van der Waals surface area (Å²) in [6, 6.07) is -0.436. The van der Waals surface area contributed by atoms with E-state index in [9.17, 15) is 14.0 Å². The zero-order valence-electron chi connectivity index (χ0n) is 19.1. The predicted octanol–water partition coefficient (Wildman–Crippen LogP) is 3.60. The molecule has 3 N–H and O–H groups in total. The van der Waals surface area contributed by atoms with E-state index in [0.29, 0.717) is 44.8 Å². The molecule has 3 atom stereocenters. The molecule has 0 aliphatic heterocycles. The Balaban J connectivity index is 1.42. The molecule has 9 nitrogen and oxygen atoms in total. The number of alkyl halides is 1. The Morgan fingerprint density at radius 1 is 1.26 bits per heavy atom. The molecule has 2 fully saturated rings. The fraction of sp³-hybridized carbons (Fsp3) is 0.375. The lowest BCUT2D eigenvalue weighted by Crippen LogP contribution is -2.28. The molecular weight excluding hydrogens is 456 g/mol. The summed E-state index contributed by atoms with van der Waals surface area (Å²) in [4.78, 5) is 32.7. The summed E-state index contributed by atoms with van der Waals surface area (Å²) in [5.41, 5.74) is 2.89. The van der Waals surface area contributed by atoms with Crippen LogP contribution in [0.5, 0.6) is 0 Å². The van der Waals surface area contributed by atoms with Gasteiger partial charge in [0.2, 0.25) is 11.8 Å². The molecule has 6 rings (SSSR count). The average molecular weight is 479 g/mol. The number of carbonyl (C=O) groups excluding carboxylic acids is 2. The molecular formula is C24H23F2N7O2. The van der Waals surface area contributed by atoms with Crippen molar-refractivity contribution in [1.29, 1.82) is 0 Å². The van der Waals surface area contributed by atoms with E-state index < -0.39 is 29.9 Å². The van der Waals surface area contributed by atoms with Crippen LogP contribution in [0, 0.1) is 24.6 Å². The molecule has 2 aliphatic carbocycles. The van der Waals surface area contributed by atoms with Gasteiger partial charge in [-0.3, -0.25) is 19.7 Å². The summed E-state index contributed by atoms with van der Waals surface area (Å²) in [6.45, 7) is 3.12. The number of rotatable bonds is 6. The van der Waals surface area contributed by atoms with E-state index >= 15 is 4.39 Å². The SMILES string of the molecule is CC(=O)NC(c1c(F)c(C)c(-c2cn3cc(NC(=O)[C@@H]4C[C@@H]4F)nc3cn2)c2cn[nH]c12)C1CC1. The Bertz CT molecular complexity index is 1510. The second-order valence-corrected chi connectivity index (χ2v) is 9.41. The first-order valence-corrected chi connectivity index (χ1v) is 11.5. The van der Waals surface area contributed by atoms with Crippen LogP contribution in [0.2, 0.25) is 0 Å². The van der Waals surface area contributed by atoms with Crippen molar-refractivity contribution in [1.82, 2.24) is 29.9 Å². The average Bonchev–Trinajstić information content (AvgIpc) is 3.70. The maximum atomic E-state index is 15.9. The van der Waals surface area contributed by atoms with Gasteiger partial charge in [-0.2, -0.15) is 5.10 Å². The largest absolute Gasteiger partial charge is 0.349 e. The van der Waals surface area contributed by atoms with Crippen molar-refractivity contribution < 1.29 is 18.4 Å². The fourth-order valence-electron chi connectivity index (χ4n) is 4.74. The summed E-state index contributed by atoms with van der Waals surface area (Å²) in [5.74, 6) is -1.16. The summed E-state index contributed by atoms with van der Waals surface area (Å²) in [5, 5.41) is 13.3. The molecule has 4 aromatic rings. The number of halogens is 2. The van der Waals surface area contributed by atoms with Crippen LogP contribution in [-0.4, -0.2) is 42.6 Å². The third-order valence-corrected chi connectivity index (χ3v) is 6.78. The van der Waals surface area contributed by atoms with Gasteiger partial charge in [0.15, 0.2) is 11.5 Å². The molecule has 2 aliphatic rings. The molecule has 1 unspecified atom stereocenters. The molecule has 2 amide bonds. The van der Waals surface area contributed by atoms with Crippen molar-refractivity contribution >= 4 is 34.2 Å². The van der Waals surface area contributed by atoms with Crippen molar-refractivity contribution in [2.24, 2.45) is 11.8 Å². The highest BCUT2D eigenvalue weighted by Crippen LogP contribution is 2.46. The molecule has 2 saturated carbocycles. The highest BCUT2D eigenvalue weighted by atomic mass is 19.1. The lowest BCUT2D eigenvalue weighted by Gasteiger charge is -2.22. The van der Waals surface area contributed by atoms with Gasteiger partial charge < -0.3 is 15.0 Å². The second-order valence-electron chi connectivity index (χ2n) is 9.41. The molecule has 11 heteroatoms. The van der Waals surface area contributed by atoms with Gasteiger partial charge in [0.05, 0.1) is 41.8 Å². The van der Waals surface area contributed by atoms with E-state index in [1.54, 1.807) is 29.9 Å². The Morgan fingerprint density at radius 3 is 2.71 bits per heavy atom. The van der Waals surface area contributed by atoms with E-state index in [1.807, 2.05) is 0 Å². The maximum absolute atomic E-state index is 15.9. The highest BCUT2D eigenvalue weighted by molar-refractivity contribution is 5.98. The Labute approximate surface area is 198 Å². The number of aromatic amines is 1. The summed E-state index contributed by atoms with van der Waals surface area (Å²) < 4.78 is 30.8. The molecule has 0 bridgehead atoms. The zero-order chi connectivity index (χ0) is 24.4. The minimum absolute atomic E-state index is 0.183. The van der Waals surface area contributed by atoms with E-state index in [4.69, 9.17) is 0 Å². The minimum atomic E-state index is -1.09. The van der Waals surface area contributed by atoms with E-state index in [0.717, 1.165) is 12.8 Å². The van der Waals surface area contributed by atoms with Crippen LogP contribution in [0.3, 0.4) is 0 Å². The summed E-state index contributed by atoms with van der Waals surface area (Å²) in [6.07, 6.45) is 7.46. The number of nitrogens with zero attached hydrogens (tertiary/aromatic N) is 4. The molecule has 0 saturated heterocycles. The van der Waals surface area contributed by atoms with Crippen LogP contribution >= 0.6 is 0 Å². The first-order chi connectivity index (χ1) is 16.8. The Hall–Kier alpha value is -3.89. The van der Waals surface area contributed by atoms with Gasteiger partial charge >= 0.3 is 0 Å². The van der Waals surface area contributed by atoms with E-state index in [1.165, 1.54) is 13.1 Å². The van der Waals surface area contributed by atoms with Gasteiger partial charge in [-0.1, -0.05) is 0 Å². The van der Waals surface area contributed by atoms with Crippen LogP contribution < -0.4 is 10.6 Å². The van der Waals surface area contributed by atoms with Crippen molar-refractivity contribution in [2.75, 3.05) is 5.32 Å².